The summed E-state index contributed by atoms with van der Waals surface area (Å²) in [6, 6.07) is 7.49. The first-order chi connectivity index (χ1) is 11.1. The molecule has 2 aromatic rings. The van der Waals surface area contributed by atoms with E-state index >= 15 is 0 Å². The molecule has 0 bridgehead atoms. The summed E-state index contributed by atoms with van der Waals surface area (Å²) in [6.07, 6.45) is 4.33. The van der Waals surface area contributed by atoms with Crippen LogP contribution in [0.15, 0.2) is 36.7 Å². The molecule has 6 nitrogen and oxygen atoms in total. The molecule has 0 aliphatic heterocycles. The molecular weight excluding hydrogens is 292 g/mol. The van der Waals surface area contributed by atoms with Gasteiger partial charge in [-0.3, -0.25) is 0 Å². The molecule has 3 N–H and O–H groups in total. The van der Waals surface area contributed by atoms with Crippen LogP contribution >= 0.6 is 0 Å². The second kappa shape index (κ2) is 8.33. The van der Waals surface area contributed by atoms with Crippen LogP contribution in [0.2, 0.25) is 0 Å². The Labute approximate surface area is 136 Å². The summed E-state index contributed by atoms with van der Waals surface area (Å²) >= 11 is 0. The highest BCUT2D eigenvalue weighted by atomic mass is 16.3. The van der Waals surface area contributed by atoms with Gasteiger partial charge in [-0.1, -0.05) is 26.0 Å². The Kier molecular flexibility index (Phi) is 6.17. The maximum Gasteiger partial charge on any atom is 0.319 e. The van der Waals surface area contributed by atoms with Crippen LogP contribution in [0.4, 0.5) is 10.5 Å². The average Bonchev–Trinajstić information content (AvgIpc) is 2.96. The number of carbonyl (C=O) groups excluding carboxylic acids is 1. The van der Waals surface area contributed by atoms with Crippen LogP contribution in [0, 0.1) is 0 Å². The molecule has 6 heteroatoms. The second-order valence-corrected chi connectivity index (χ2v) is 5.73. The molecule has 0 atom stereocenters. The first-order valence-electron chi connectivity index (χ1n) is 7.86. The maximum atomic E-state index is 11.7. The lowest BCUT2D eigenvalue weighted by Gasteiger charge is -2.12. The highest BCUT2D eigenvalue weighted by molar-refractivity contribution is 5.89. The summed E-state index contributed by atoms with van der Waals surface area (Å²) in [5.74, 6) is 1.41. The van der Waals surface area contributed by atoms with E-state index in [1.165, 1.54) is 0 Å². The van der Waals surface area contributed by atoms with Gasteiger partial charge in [-0.25, -0.2) is 9.78 Å². The maximum absolute atomic E-state index is 11.7. The van der Waals surface area contributed by atoms with E-state index in [4.69, 9.17) is 5.11 Å². The van der Waals surface area contributed by atoms with Gasteiger partial charge in [0, 0.05) is 43.7 Å². The number of urea groups is 1. The average molecular weight is 316 g/mol. The van der Waals surface area contributed by atoms with Gasteiger partial charge in [0.25, 0.3) is 0 Å². The summed E-state index contributed by atoms with van der Waals surface area (Å²) in [4.78, 5) is 16.1. The van der Waals surface area contributed by atoms with Gasteiger partial charge in [0.1, 0.15) is 5.82 Å². The van der Waals surface area contributed by atoms with Crippen molar-refractivity contribution in [2.45, 2.75) is 32.7 Å². The topological polar surface area (TPSA) is 79.2 Å². The Bertz CT molecular complexity index is 637. The molecular formula is C17H24N4O2. The first-order valence-corrected chi connectivity index (χ1v) is 7.86. The molecule has 124 valence electrons. The molecule has 23 heavy (non-hydrogen) atoms. The number of benzene rings is 1. The van der Waals surface area contributed by atoms with E-state index in [0.29, 0.717) is 18.9 Å². The van der Waals surface area contributed by atoms with Crippen LogP contribution in [0.25, 0.3) is 0 Å². The fourth-order valence-electron chi connectivity index (χ4n) is 2.36. The van der Waals surface area contributed by atoms with E-state index in [2.05, 4.69) is 34.0 Å². The third kappa shape index (κ3) is 5.10. The number of aliphatic hydroxyl groups excluding tert-OH is 1. The fraction of sp³-hybridized carbons (Fsp3) is 0.412. The molecule has 0 spiro atoms. The number of nitrogens with one attached hydrogen (secondary N) is 2. The molecule has 0 unspecified atom stereocenters. The number of hydrogen-bond donors (Lipinski definition) is 3. The zero-order chi connectivity index (χ0) is 16.7. The number of nitrogens with zero attached hydrogens (tertiary/aromatic N) is 2. The van der Waals surface area contributed by atoms with Crippen molar-refractivity contribution in [3.05, 3.63) is 48.0 Å². The van der Waals surface area contributed by atoms with Gasteiger partial charge in [0.2, 0.25) is 0 Å². The first kappa shape index (κ1) is 17.0. The summed E-state index contributed by atoms with van der Waals surface area (Å²) in [5.41, 5.74) is 1.84. The van der Waals surface area contributed by atoms with Crippen LogP contribution < -0.4 is 10.6 Å². The van der Waals surface area contributed by atoms with Crippen LogP contribution in [0.1, 0.15) is 37.6 Å². The standard InChI is InChI=1S/C17H24N4O2/c1-13(2)16-18-8-9-21(16)12-14-5-3-6-15(11-14)20-17(23)19-7-4-10-22/h3,5-6,8-9,11,13,22H,4,7,10,12H2,1-2H3,(H2,19,20,23). The van der Waals surface area contributed by atoms with Crippen molar-refractivity contribution in [1.82, 2.24) is 14.9 Å². The number of aliphatic hydroxyl groups is 1. The Morgan fingerprint density at radius 1 is 1.39 bits per heavy atom. The third-order valence-corrected chi connectivity index (χ3v) is 3.42. The molecule has 0 radical (unpaired) electrons. The number of amides is 2. The van der Waals surface area contributed by atoms with Crippen molar-refractivity contribution in [3.8, 4) is 0 Å². The molecule has 2 rings (SSSR count). The highest BCUT2D eigenvalue weighted by Crippen LogP contribution is 2.16. The van der Waals surface area contributed by atoms with Crippen molar-refractivity contribution in [1.29, 1.82) is 0 Å². The summed E-state index contributed by atoms with van der Waals surface area (Å²) in [5, 5.41) is 14.2. The molecule has 0 saturated heterocycles. The van der Waals surface area contributed by atoms with Crippen molar-refractivity contribution in [2.75, 3.05) is 18.5 Å². The Morgan fingerprint density at radius 3 is 2.96 bits per heavy atom. The van der Waals surface area contributed by atoms with Crippen LogP contribution in [0.3, 0.4) is 0 Å². The molecule has 1 aromatic carbocycles. The van der Waals surface area contributed by atoms with E-state index in [1.54, 1.807) is 0 Å². The Hall–Kier alpha value is -2.34. The molecule has 2 amide bonds. The number of imidazole rings is 1. The molecule has 0 fully saturated rings. The number of rotatable bonds is 7. The van der Waals surface area contributed by atoms with Gasteiger partial charge in [-0.05, 0) is 24.1 Å². The van der Waals surface area contributed by atoms with E-state index < -0.39 is 0 Å². The predicted molar refractivity (Wildman–Crippen MR) is 90.6 cm³/mol. The number of aromatic nitrogens is 2. The second-order valence-electron chi connectivity index (χ2n) is 5.73. The van der Waals surface area contributed by atoms with Crippen molar-refractivity contribution in [2.24, 2.45) is 0 Å². The fourth-order valence-corrected chi connectivity index (χ4v) is 2.36. The Balaban J connectivity index is 1.99. The van der Waals surface area contributed by atoms with Gasteiger partial charge in [-0.15, -0.1) is 0 Å². The van der Waals surface area contributed by atoms with Crippen molar-refractivity contribution in [3.63, 3.8) is 0 Å². The summed E-state index contributed by atoms with van der Waals surface area (Å²) < 4.78 is 2.12. The number of carbonyl (C=O) groups is 1. The van der Waals surface area contributed by atoms with Gasteiger partial charge in [0.05, 0.1) is 0 Å². The minimum atomic E-state index is -0.263. The minimum absolute atomic E-state index is 0.0683. The SMILES string of the molecule is CC(C)c1nccn1Cc1cccc(NC(=O)NCCCO)c1. The third-order valence-electron chi connectivity index (χ3n) is 3.42. The molecule has 0 saturated carbocycles. The number of hydrogen-bond acceptors (Lipinski definition) is 3. The number of anilines is 1. The lowest BCUT2D eigenvalue weighted by atomic mass is 10.1. The lowest BCUT2D eigenvalue weighted by molar-refractivity contribution is 0.249. The zero-order valence-corrected chi connectivity index (χ0v) is 13.6. The molecule has 1 heterocycles. The quantitative estimate of drug-likeness (QED) is 0.687. The summed E-state index contributed by atoms with van der Waals surface area (Å²) in [7, 11) is 0. The Morgan fingerprint density at radius 2 is 2.22 bits per heavy atom. The van der Waals surface area contributed by atoms with Crippen LogP contribution in [-0.2, 0) is 6.54 Å². The summed E-state index contributed by atoms with van der Waals surface area (Å²) in [6.45, 7) is 5.48. The van der Waals surface area contributed by atoms with Crippen LogP contribution in [-0.4, -0.2) is 33.8 Å². The smallest absolute Gasteiger partial charge is 0.319 e. The monoisotopic (exact) mass is 316 g/mol. The van der Waals surface area contributed by atoms with Gasteiger partial charge in [0.15, 0.2) is 0 Å². The minimum Gasteiger partial charge on any atom is -0.396 e. The van der Waals surface area contributed by atoms with Gasteiger partial charge >= 0.3 is 6.03 Å². The van der Waals surface area contributed by atoms with Crippen molar-refractivity contribution >= 4 is 11.7 Å². The van der Waals surface area contributed by atoms with E-state index in [-0.39, 0.29) is 12.6 Å². The van der Waals surface area contributed by atoms with E-state index in [1.807, 2.05) is 36.7 Å². The lowest BCUT2D eigenvalue weighted by Crippen LogP contribution is -2.29. The molecule has 0 aliphatic rings. The van der Waals surface area contributed by atoms with Crippen molar-refractivity contribution < 1.29 is 9.90 Å². The highest BCUT2D eigenvalue weighted by Gasteiger charge is 2.08. The van der Waals surface area contributed by atoms with Crippen LogP contribution in [0.5, 0.6) is 0 Å². The molecule has 1 aromatic heterocycles. The van der Waals surface area contributed by atoms with Gasteiger partial charge in [-0.2, -0.15) is 0 Å². The largest absolute Gasteiger partial charge is 0.396 e. The van der Waals surface area contributed by atoms with E-state index in [0.717, 1.165) is 23.6 Å². The van der Waals surface area contributed by atoms with E-state index in [9.17, 15) is 4.79 Å². The normalized spacial score (nSPS) is 10.8. The van der Waals surface area contributed by atoms with Gasteiger partial charge < -0.3 is 20.3 Å². The zero-order valence-electron chi connectivity index (χ0n) is 13.6. The predicted octanol–water partition coefficient (Wildman–Crippen LogP) is 2.56. The molecule has 0 aliphatic carbocycles.